The van der Waals surface area contributed by atoms with E-state index in [1.54, 1.807) is 23.4 Å². The van der Waals surface area contributed by atoms with E-state index < -0.39 is 0 Å². The molecule has 7 heteroatoms. The third kappa shape index (κ3) is 2.76. The summed E-state index contributed by atoms with van der Waals surface area (Å²) >= 11 is 3.27. The predicted octanol–water partition coefficient (Wildman–Crippen LogP) is 2.61. The molecule has 2 aromatic heterocycles. The summed E-state index contributed by atoms with van der Waals surface area (Å²) in [5.41, 5.74) is 0.854. The quantitative estimate of drug-likeness (QED) is 0.743. The standard InChI is InChI=1S/C12H8BrN5O/c13-9-5-15-12(16-6-9)19-11-3-1-2-10(4-11)18-8-14-7-17-18/h1-8H. The number of ether oxygens (including phenoxy) is 1. The number of nitrogens with zero attached hydrogens (tertiary/aromatic N) is 5. The molecule has 0 amide bonds. The zero-order chi connectivity index (χ0) is 13.1. The van der Waals surface area contributed by atoms with Crippen molar-refractivity contribution in [3.63, 3.8) is 0 Å². The van der Waals surface area contributed by atoms with Crippen LogP contribution in [0.5, 0.6) is 11.8 Å². The van der Waals surface area contributed by atoms with Crippen LogP contribution in [0.1, 0.15) is 0 Å². The molecule has 94 valence electrons. The summed E-state index contributed by atoms with van der Waals surface area (Å²) in [4.78, 5) is 12.0. The molecule has 0 atom stereocenters. The zero-order valence-electron chi connectivity index (χ0n) is 9.64. The summed E-state index contributed by atoms with van der Waals surface area (Å²) in [6.45, 7) is 0. The number of rotatable bonds is 3. The highest BCUT2D eigenvalue weighted by Crippen LogP contribution is 2.20. The van der Waals surface area contributed by atoms with Crippen LogP contribution in [0, 0.1) is 0 Å². The van der Waals surface area contributed by atoms with E-state index in [1.165, 1.54) is 6.33 Å². The van der Waals surface area contributed by atoms with Crippen molar-refractivity contribution in [1.82, 2.24) is 24.7 Å². The summed E-state index contributed by atoms with van der Waals surface area (Å²) < 4.78 is 8.02. The number of aromatic nitrogens is 5. The van der Waals surface area contributed by atoms with Gasteiger partial charge < -0.3 is 4.74 Å². The van der Waals surface area contributed by atoms with Crippen LogP contribution in [0.25, 0.3) is 5.69 Å². The Labute approximate surface area is 117 Å². The van der Waals surface area contributed by atoms with Crippen LogP contribution in [0.15, 0.2) is 53.8 Å². The van der Waals surface area contributed by atoms with Gasteiger partial charge in [0.1, 0.15) is 18.4 Å². The molecule has 0 radical (unpaired) electrons. The van der Waals surface area contributed by atoms with E-state index >= 15 is 0 Å². The second kappa shape index (κ2) is 5.15. The average Bonchev–Trinajstić information content (AvgIpc) is 2.96. The van der Waals surface area contributed by atoms with Crippen molar-refractivity contribution in [3.8, 4) is 17.4 Å². The van der Waals surface area contributed by atoms with Crippen molar-refractivity contribution in [2.45, 2.75) is 0 Å². The minimum Gasteiger partial charge on any atom is -0.424 e. The first-order valence-electron chi connectivity index (χ1n) is 5.42. The van der Waals surface area contributed by atoms with Gasteiger partial charge in [-0.15, -0.1) is 0 Å². The van der Waals surface area contributed by atoms with Crippen molar-refractivity contribution >= 4 is 15.9 Å². The summed E-state index contributed by atoms with van der Waals surface area (Å²) in [5, 5.41) is 4.06. The fourth-order valence-corrected chi connectivity index (χ4v) is 1.69. The first kappa shape index (κ1) is 11.8. The Kier molecular flexibility index (Phi) is 3.20. The number of halogens is 1. The third-order valence-electron chi connectivity index (χ3n) is 2.31. The van der Waals surface area contributed by atoms with Crippen molar-refractivity contribution < 1.29 is 4.74 Å². The first-order chi connectivity index (χ1) is 9.31. The van der Waals surface area contributed by atoms with E-state index in [0.29, 0.717) is 11.8 Å². The summed E-state index contributed by atoms with van der Waals surface area (Å²) in [5.74, 6) is 0.635. The molecule has 0 aliphatic rings. The molecular formula is C12H8BrN5O. The fourth-order valence-electron chi connectivity index (χ4n) is 1.49. The van der Waals surface area contributed by atoms with Gasteiger partial charge in [-0.1, -0.05) is 6.07 Å². The lowest BCUT2D eigenvalue weighted by Gasteiger charge is -2.05. The van der Waals surface area contributed by atoms with Crippen LogP contribution in [0.3, 0.4) is 0 Å². The van der Waals surface area contributed by atoms with Gasteiger partial charge in [0.15, 0.2) is 0 Å². The third-order valence-corrected chi connectivity index (χ3v) is 2.72. The maximum atomic E-state index is 5.57. The molecule has 0 N–H and O–H groups in total. The Balaban J connectivity index is 1.85. The van der Waals surface area contributed by atoms with E-state index in [2.05, 4.69) is 36.0 Å². The van der Waals surface area contributed by atoms with Crippen LogP contribution in [0.2, 0.25) is 0 Å². The van der Waals surface area contributed by atoms with Crippen LogP contribution in [-0.2, 0) is 0 Å². The molecule has 3 rings (SSSR count). The molecule has 6 nitrogen and oxygen atoms in total. The largest absolute Gasteiger partial charge is 0.424 e. The summed E-state index contributed by atoms with van der Waals surface area (Å²) in [6.07, 6.45) is 6.35. The highest BCUT2D eigenvalue weighted by molar-refractivity contribution is 9.10. The van der Waals surface area contributed by atoms with Crippen molar-refractivity contribution in [3.05, 3.63) is 53.8 Å². The average molecular weight is 318 g/mol. The van der Waals surface area contributed by atoms with Gasteiger partial charge >= 0.3 is 6.01 Å². The van der Waals surface area contributed by atoms with E-state index in [-0.39, 0.29) is 0 Å². The molecule has 0 aliphatic carbocycles. The van der Waals surface area contributed by atoms with Crippen molar-refractivity contribution in [2.75, 3.05) is 0 Å². The van der Waals surface area contributed by atoms with Gasteiger partial charge in [0.25, 0.3) is 0 Å². The maximum Gasteiger partial charge on any atom is 0.321 e. The van der Waals surface area contributed by atoms with Gasteiger partial charge in [-0.2, -0.15) is 5.10 Å². The lowest BCUT2D eigenvalue weighted by Crippen LogP contribution is -1.96. The SMILES string of the molecule is Brc1cnc(Oc2cccc(-n3cncn3)c2)nc1. The molecule has 0 unspecified atom stereocenters. The van der Waals surface area contributed by atoms with E-state index in [0.717, 1.165) is 10.2 Å². The van der Waals surface area contributed by atoms with Crippen molar-refractivity contribution in [1.29, 1.82) is 0 Å². The number of hydrogen-bond acceptors (Lipinski definition) is 5. The van der Waals surface area contributed by atoms with Crippen LogP contribution >= 0.6 is 15.9 Å². The smallest absolute Gasteiger partial charge is 0.321 e. The monoisotopic (exact) mass is 317 g/mol. The Morgan fingerprint density at radius 1 is 1.16 bits per heavy atom. The van der Waals surface area contributed by atoms with Gasteiger partial charge in [0.05, 0.1) is 10.2 Å². The predicted molar refractivity (Wildman–Crippen MR) is 71.2 cm³/mol. The highest BCUT2D eigenvalue weighted by Gasteiger charge is 2.03. The molecule has 0 bridgehead atoms. The number of hydrogen-bond donors (Lipinski definition) is 0. The molecule has 0 spiro atoms. The lowest BCUT2D eigenvalue weighted by molar-refractivity contribution is 0.441. The molecular weight excluding hydrogens is 310 g/mol. The van der Waals surface area contributed by atoms with Crippen LogP contribution in [-0.4, -0.2) is 24.7 Å². The minimum absolute atomic E-state index is 0.291. The highest BCUT2D eigenvalue weighted by atomic mass is 79.9. The molecule has 19 heavy (non-hydrogen) atoms. The minimum atomic E-state index is 0.291. The number of benzene rings is 1. The van der Waals surface area contributed by atoms with E-state index in [1.807, 2.05) is 24.3 Å². The Bertz CT molecular complexity index is 669. The van der Waals surface area contributed by atoms with Crippen LogP contribution in [0.4, 0.5) is 0 Å². The normalized spacial score (nSPS) is 10.4. The van der Waals surface area contributed by atoms with Gasteiger partial charge in [-0.05, 0) is 28.1 Å². The molecule has 0 saturated heterocycles. The van der Waals surface area contributed by atoms with Gasteiger partial charge in [-0.3, -0.25) is 0 Å². The second-order valence-electron chi connectivity index (χ2n) is 3.62. The molecule has 3 aromatic rings. The van der Waals surface area contributed by atoms with Crippen molar-refractivity contribution in [2.24, 2.45) is 0 Å². The van der Waals surface area contributed by atoms with E-state index in [4.69, 9.17) is 4.74 Å². The van der Waals surface area contributed by atoms with Gasteiger partial charge in [0.2, 0.25) is 0 Å². The van der Waals surface area contributed by atoms with Gasteiger partial charge in [0, 0.05) is 18.5 Å². The summed E-state index contributed by atoms with van der Waals surface area (Å²) in [6, 6.07) is 7.72. The molecule has 0 aliphatic heterocycles. The zero-order valence-corrected chi connectivity index (χ0v) is 11.2. The molecule has 0 fully saturated rings. The Morgan fingerprint density at radius 3 is 2.74 bits per heavy atom. The topological polar surface area (TPSA) is 65.7 Å². The second-order valence-corrected chi connectivity index (χ2v) is 4.54. The Hall–Kier alpha value is -2.28. The first-order valence-corrected chi connectivity index (χ1v) is 6.21. The molecule has 1 aromatic carbocycles. The maximum absolute atomic E-state index is 5.57. The fraction of sp³-hybridized carbons (Fsp3) is 0. The summed E-state index contributed by atoms with van der Waals surface area (Å²) in [7, 11) is 0. The van der Waals surface area contributed by atoms with Crippen LogP contribution < -0.4 is 4.74 Å². The van der Waals surface area contributed by atoms with E-state index in [9.17, 15) is 0 Å². The molecule has 2 heterocycles. The lowest BCUT2D eigenvalue weighted by atomic mass is 10.3. The molecule has 0 saturated carbocycles. The Morgan fingerprint density at radius 2 is 2.00 bits per heavy atom. The van der Waals surface area contributed by atoms with Gasteiger partial charge in [-0.25, -0.2) is 19.6 Å².